The van der Waals surface area contributed by atoms with Gasteiger partial charge in [0.05, 0.1) is 19.4 Å². The van der Waals surface area contributed by atoms with Gasteiger partial charge in [0.25, 0.3) is 0 Å². The molecule has 0 aromatic heterocycles. The van der Waals surface area contributed by atoms with Gasteiger partial charge in [0.15, 0.2) is 11.5 Å². The minimum atomic E-state index is -0.307. The summed E-state index contributed by atoms with van der Waals surface area (Å²) in [5.41, 5.74) is 7.45. The molecular formula is C17H28N2O2. The molecule has 1 fully saturated rings. The smallest absolute Gasteiger partial charge is 0.161 e. The average Bonchev–Trinajstić information content (AvgIpc) is 2.48. The maximum absolute atomic E-state index is 6.57. The molecule has 1 unspecified atom stereocenters. The normalized spacial score (nSPS) is 19.0. The van der Waals surface area contributed by atoms with Crippen LogP contribution in [0.3, 0.4) is 0 Å². The number of piperidine rings is 1. The van der Waals surface area contributed by atoms with E-state index >= 15 is 0 Å². The van der Waals surface area contributed by atoms with Crippen LogP contribution in [0.1, 0.15) is 38.7 Å². The van der Waals surface area contributed by atoms with Crippen LogP contribution in [0.15, 0.2) is 18.2 Å². The fourth-order valence-electron chi connectivity index (χ4n) is 3.03. The highest BCUT2D eigenvalue weighted by atomic mass is 16.5. The molecular weight excluding hydrogens is 264 g/mol. The highest BCUT2D eigenvalue weighted by molar-refractivity contribution is 5.43. The highest BCUT2D eigenvalue weighted by Crippen LogP contribution is 2.30. The molecule has 1 heterocycles. The van der Waals surface area contributed by atoms with Crippen molar-refractivity contribution in [2.75, 3.05) is 26.8 Å². The van der Waals surface area contributed by atoms with Crippen LogP contribution in [0.4, 0.5) is 0 Å². The Kier molecular flexibility index (Phi) is 5.48. The minimum Gasteiger partial charge on any atom is -0.493 e. The third-order valence-electron chi connectivity index (χ3n) is 4.17. The molecule has 1 atom stereocenters. The number of ether oxygens (including phenoxy) is 2. The maximum atomic E-state index is 6.57. The maximum Gasteiger partial charge on any atom is 0.161 e. The topological polar surface area (TPSA) is 47.7 Å². The zero-order valence-corrected chi connectivity index (χ0v) is 13.5. The van der Waals surface area contributed by atoms with E-state index in [2.05, 4.69) is 24.0 Å². The fourth-order valence-corrected chi connectivity index (χ4v) is 3.03. The third-order valence-corrected chi connectivity index (χ3v) is 4.17. The summed E-state index contributed by atoms with van der Waals surface area (Å²) in [6.45, 7) is 6.94. The Morgan fingerprint density at radius 1 is 1.19 bits per heavy atom. The number of methoxy groups -OCH3 is 1. The Balaban J connectivity index is 2.12. The van der Waals surface area contributed by atoms with Gasteiger partial charge in [-0.15, -0.1) is 0 Å². The van der Waals surface area contributed by atoms with E-state index in [4.69, 9.17) is 15.2 Å². The van der Waals surface area contributed by atoms with E-state index in [0.29, 0.717) is 6.61 Å². The van der Waals surface area contributed by atoms with Crippen LogP contribution in [0.25, 0.3) is 0 Å². The van der Waals surface area contributed by atoms with Crippen molar-refractivity contribution in [3.8, 4) is 11.5 Å². The lowest BCUT2D eigenvalue weighted by Gasteiger charge is -2.41. The standard InChI is InChI=1S/C17H28N2O2/c1-4-21-16-12-14(8-9-15(16)20-3)13-17(2,18)19-10-6-5-7-11-19/h8-9,12H,4-7,10-11,13,18H2,1-3H3. The minimum absolute atomic E-state index is 0.307. The van der Waals surface area contributed by atoms with Crippen molar-refractivity contribution >= 4 is 0 Å². The Labute approximate surface area is 128 Å². The Bertz CT molecular complexity index is 454. The van der Waals surface area contributed by atoms with Crippen LogP contribution in [-0.4, -0.2) is 37.4 Å². The molecule has 21 heavy (non-hydrogen) atoms. The van der Waals surface area contributed by atoms with E-state index in [1.54, 1.807) is 7.11 Å². The molecule has 4 nitrogen and oxygen atoms in total. The first kappa shape index (κ1) is 16.1. The van der Waals surface area contributed by atoms with E-state index in [1.165, 1.54) is 24.8 Å². The zero-order chi connectivity index (χ0) is 15.3. The van der Waals surface area contributed by atoms with Gasteiger partial charge in [0.1, 0.15) is 0 Å². The van der Waals surface area contributed by atoms with Gasteiger partial charge in [-0.3, -0.25) is 4.90 Å². The second kappa shape index (κ2) is 7.14. The highest BCUT2D eigenvalue weighted by Gasteiger charge is 2.28. The lowest BCUT2D eigenvalue weighted by Crippen LogP contribution is -2.56. The summed E-state index contributed by atoms with van der Waals surface area (Å²) < 4.78 is 11.0. The second-order valence-corrected chi connectivity index (χ2v) is 6.00. The van der Waals surface area contributed by atoms with Gasteiger partial charge in [-0.05, 0) is 57.5 Å². The summed E-state index contributed by atoms with van der Waals surface area (Å²) in [5.74, 6) is 1.57. The lowest BCUT2D eigenvalue weighted by molar-refractivity contribution is 0.0855. The van der Waals surface area contributed by atoms with Gasteiger partial charge in [-0.25, -0.2) is 0 Å². The summed E-state index contributed by atoms with van der Waals surface area (Å²) in [6, 6.07) is 6.10. The number of hydrogen-bond donors (Lipinski definition) is 1. The summed E-state index contributed by atoms with van der Waals surface area (Å²) in [6.07, 6.45) is 4.64. The zero-order valence-electron chi connectivity index (χ0n) is 13.5. The molecule has 0 bridgehead atoms. The number of rotatable bonds is 6. The van der Waals surface area contributed by atoms with Gasteiger partial charge in [-0.2, -0.15) is 0 Å². The third kappa shape index (κ3) is 4.11. The number of likely N-dealkylation sites (tertiary alicyclic amines) is 1. The van der Waals surface area contributed by atoms with E-state index in [0.717, 1.165) is 31.0 Å². The molecule has 0 spiro atoms. The molecule has 0 radical (unpaired) electrons. The quantitative estimate of drug-likeness (QED) is 0.876. The largest absolute Gasteiger partial charge is 0.493 e. The molecule has 1 aromatic rings. The van der Waals surface area contributed by atoms with Crippen molar-refractivity contribution in [2.45, 2.75) is 45.2 Å². The van der Waals surface area contributed by atoms with Crippen molar-refractivity contribution in [3.63, 3.8) is 0 Å². The molecule has 0 aliphatic carbocycles. The number of nitrogens with zero attached hydrogens (tertiary/aromatic N) is 1. The van der Waals surface area contributed by atoms with Crippen molar-refractivity contribution in [3.05, 3.63) is 23.8 Å². The molecule has 118 valence electrons. The summed E-state index contributed by atoms with van der Waals surface area (Å²) in [4.78, 5) is 2.40. The van der Waals surface area contributed by atoms with Crippen molar-refractivity contribution < 1.29 is 9.47 Å². The van der Waals surface area contributed by atoms with Crippen LogP contribution < -0.4 is 15.2 Å². The van der Waals surface area contributed by atoms with Crippen LogP contribution in [0.2, 0.25) is 0 Å². The second-order valence-electron chi connectivity index (χ2n) is 6.00. The van der Waals surface area contributed by atoms with E-state index in [1.807, 2.05) is 13.0 Å². The Morgan fingerprint density at radius 2 is 1.90 bits per heavy atom. The molecule has 2 rings (SSSR count). The molecule has 1 saturated heterocycles. The first-order valence-corrected chi connectivity index (χ1v) is 7.90. The van der Waals surface area contributed by atoms with E-state index in [9.17, 15) is 0 Å². The fraction of sp³-hybridized carbons (Fsp3) is 0.647. The molecule has 1 aliphatic heterocycles. The van der Waals surface area contributed by atoms with Gasteiger partial charge < -0.3 is 15.2 Å². The molecule has 1 aliphatic rings. The number of benzene rings is 1. The van der Waals surface area contributed by atoms with Gasteiger partial charge in [-0.1, -0.05) is 12.5 Å². The first-order valence-electron chi connectivity index (χ1n) is 7.90. The predicted molar refractivity (Wildman–Crippen MR) is 85.9 cm³/mol. The van der Waals surface area contributed by atoms with Crippen LogP contribution in [-0.2, 0) is 6.42 Å². The van der Waals surface area contributed by atoms with Crippen molar-refractivity contribution in [2.24, 2.45) is 5.73 Å². The van der Waals surface area contributed by atoms with Gasteiger partial charge in [0, 0.05) is 6.42 Å². The molecule has 2 N–H and O–H groups in total. The summed E-state index contributed by atoms with van der Waals surface area (Å²) in [5, 5.41) is 0. The monoisotopic (exact) mass is 292 g/mol. The van der Waals surface area contributed by atoms with Crippen molar-refractivity contribution in [1.82, 2.24) is 4.90 Å². The molecule has 0 amide bonds. The Hall–Kier alpha value is -1.26. The average molecular weight is 292 g/mol. The Morgan fingerprint density at radius 3 is 2.52 bits per heavy atom. The predicted octanol–water partition coefficient (Wildman–Crippen LogP) is 2.80. The van der Waals surface area contributed by atoms with E-state index in [-0.39, 0.29) is 5.66 Å². The van der Waals surface area contributed by atoms with Crippen LogP contribution in [0.5, 0.6) is 11.5 Å². The van der Waals surface area contributed by atoms with Crippen LogP contribution >= 0.6 is 0 Å². The summed E-state index contributed by atoms with van der Waals surface area (Å²) >= 11 is 0. The summed E-state index contributed by atoms with van der Waals surface area (Å²) in [7, 11) is 1.66. The van der Waals surface area contributed by atoms with Gasteiger partial charge in [0.2, 0.25) is 0 Å². The molecule has 0 saturated carbocycles. The molecule has 1 aromatic carbocycles. The van der Waals surface area contributed by atoms with Gasteiger partial charge >= 0.3 is 0 Å². The number of hydrogen-bond acceptors (Lipinski definition) is 4. The lowest BCUT2D eigenvalue weighted by atomic mass is 9.97. The first-order chi connectivity index (χ1) is 10.1. The van der Waals surface area contributed by atoms with E-state index < -0.39 is 0 Å². The molecule has 4 heteroatoms. The number of nitrogens with two attached hydrogens (primary N) is 1. The SMILES string of the molecule is CCOc1cc(CC(C)(N)N2CCCCC2)ccc1OC. The van der Waals surface area contributed by atoms with Crippen molar-refractivity contribution in [1.29, 1.82) is 0 Å². The van der Waals surface area contributed by atoms with Crippen LogP contribution in [0, 0.1) is 0 Å².